The topological polar surface area (TPSA) is 55.8 Å². The molecule has 0 aliphatic heterocycles. The van der Waals surface area contributed by atoms with Crippen LogP contribution in [0.3, 0.4) is 0 Å². The van der Waals surface area contributed by atoms with Crippen LogP contribution in [-0.4, -0.2) is 37.5 Å². The van der Waals surface area contributed by atoms with Gasteiger partial charge in [-0.1, -0.05) is 6.58 Å². The van der Waals surface area contributed by atoms with Crippen molar-refractivity contribution in [2.24, 2.45) is 0 Å². The van der Waals surface area contributed by atoms with E-state index in [9.17, 15) is 4.79 Å². The van der Waals surface area contributed by atoms with Crippen molar-refractivity contribution in [1.82, 2.24) is 0 Å². The van der Waals surface area contributed by atoms with Crippen LogP contribution in [-0.2, 0) is 14.3 Å². The SMILES string of the molecule is C=C(C(=O)O)C(C)OCCOC. The largest absolute Gasteiger partial charge is 0.478 e. The van der Waals surface area contributed by atoms with Gasteiger partial charge in [-0.3, -0.25) is 0 Å². The van der Waals surface area contributed by atoms with Gasteiger partial charge in [-0.15, -0.1) is 0 Å². The summed E-state index contributed by atoms with van der Waals surface area (Å²) in [5.41, 5.74) is 0.0612. The molecule has 4 heteroatoms. The van der Waals surface area contributed by atoms with Gasteiger partial charge < -0.3 is 14.6 Å². The molecule has 0 aromatic rings. The predicted molar refractivity (Wildman–Crippen MR) is 44.1 cm³/mol. The van der Waals surface area contributed by atoms with Crippen molar-refractivity contribution in [3.63, 3.8) is 0 Å². The van der Waals surface area contributed by atoms with Crippen LogP contribution in [0.15, 0.2) is 12.2 Å². The Labute approximate surface area is 71.8 Å². The Morgan fingerprint density at radius 2 is 2.17 bits per heavy atom. The lowest BCUT2D eigenvalue weighted by atomic mass is 10.2. The summed E-state index contributed by atoms with van der Waals surface area (Å²) in [6, 6.07) is 0. The van der Waals surface area contributed by atoms with Crippen molar-refractivity contribution >= 4 is 5.97 Å². The molecule has 70 valence electrons. The fourth-order valence-electron chi connectivity index (χ4n) is 0.583. The molecule has 0 fully saturated rings. The van der Waals surface area contributed by atoms with Gasteiger partial charge in [0, 0.05) is 7.11 Å². The number of hydrogen-bond acceptors (Lipinski definition) is 3. The van der Waals surface area contributed by atoms with Crippen LogP contribution in [0.1, 0.15) is 6.92 Å². The lowest BCUT2D eigenvalue weighted by Gasteiger charge is -2.11. The van der Waals surface area contributed by atoms with Crippen LogP contribution in [0.25, 0.3) is 0 Å². The molecule has 0 saturated heterocycles. The molecule has 1 N–H and O–H groups in total. The minimum atomic E-state index is -1.03. The van der Waals surface area contributed by atoms with Gasteiger partial charge in [-0.25, -0.2) is 4.79 Å². The van der Waals surface area contributed by atoms with Crippen molar-refractivity contribution in [3.05, 3.63) is 12.2 Å². The zero-order valence-electron chi connectivity index (χ0n) is 7.37. The first-order chi connectivity index (χ1) is 5.59. The highest BCUT2D eigenvalue weighted by atomic mass is 16.5. The van der Waals surface area contributed by atoms with Gasteiger partial charge in [0.2, 0.25) is 0 Å². The lowest BCUT2D eigenvalue weighted by molar-refractivity contribution is -0.134. The second-order valence-electron chi connectivity index (χ2n) is 2.34. The maximum atomic E-state index is 10.4. The van der Waals surface area contributed by atoms with E-state index >= 15 is 0 Å². The molecule has 1 unspecified atom stereocenters. The predicted octanol–water partition coefficient (Wildman–Crippen LogP) is 0.679. The molecule has 12 heavy (non-hydrogen) atoms. The molecule has 0 aliphatic rings. The molecule has 0 rings (SSSR count). The number of carboxylic acid groups (broad SMARTS) is 1. The van der Waals surface area contributed by atoms with Gasteiger partial charge >= 0.3 is 5.97 Å². The number of carboxylic acids is 1. The molecule has 0 bridgehead atoms. The Bertz CT molecular complexity index is 164. The quantitative estimate of drug-likeness (QED) is 0.475. The van der Waals surface area contributed by atoms with E-state index in [1.165, 1.54) is 0 Å². The average molecular weight is 174 g/mol. The highest BCUT2D eigenvalue weighted by Gasteiger charge is 2.12. The third-order valence-corrected chi connectivity index (χ3v) is 1.42. The molecule has 0 saturated carbocycles. The highest BCUT2D eigenvalue weighted by Crippen LogP contribution is 2.03. The summed E-state index contributed by atoms with van der Waals surface area (Å²) in [4.78, 5) is 10.4. The number of rotatable bonds is 6. The summed E-state index contributed by atoms with van der Waals surface area (Å²) in [5, 5.41) is 8.50. The maximum Gasteiger partial charge on any atom is 0.333 e. The van der Waals surface area contributed by atoms with Crippen molar-refractivity contribution in [2.45, 2.75) is 13.0 Å². The third kappa shape index (κ3) is 4.10. The van der Waals surface area contributed by atoms with Gasteiger partial charge in [-0.2, -0.15) is 0 Å². The minimum Gasteiger partial charge on any atom is -0.478 e. The van der Waals surface area contributed by atoms with E-state index in [-0.39, 0.29) is 5.57 Å². The highest BCUT2D eigenvalue weighted by molar-refractivity contribution is 5.86. The van der Waals surface area contributed by atoms with Gasteiger partial charge in [0.1, 0.15) is 0 Å². The molecule has 0 heterocycles. The normalized spacial score (nSPS) is 12.5. The summed E-state index contributed by atoms with van der Waals surface area (Å²) in [6.45, 7) is 5.85. The Morgan fingerprint density at radius 1 is 1.58 bits per heavy atom. The van der Waals surface area contributed by atoms with E-state index in [2.05, 4.69) is 6.58 Å². The number of hydrogen-bond donors (Lipinski definition) is 1. The zero-order valence-corrected chi connectivity index (χ0v) is 7.37. The summed E-state index contributed by atoms with van der Waals surface area (Å²) >= 11 is 0. The molecule has 0 aromatic heterocycles. The van der Waals surface area contributed by atoms with E-state index < -0.39 is 12.1 Å². The Kier molecular flexibility index (Phi) is 5.32. The first kappa shape index (κ1) is 11.1. The zero-order chi connectivity index (χ0) is 9.56. The summed E-state index contributed by atoms with van der Waals surface area (Å²) in [7, 11) is 1.56. The number of aliphatic carboxylic acids is 1. The van der Waals surface area contributed by atoms with Crippen molar-refractivity contribution in [2.75, 3.05) is 20.3 Å². The smallest absolute Gasteiger partial charge is 0.333 e. The van der Waals surface area contributed by atoms with Crippen LogP contribution in [0.4, 0.5) is 0 Å². The summed E-state index contributed by atoms with van der Waals surface area (Å²) < 4.78 is 9.83. The van der Waals surface area contributed by atoms with Crippen LogP contribution in [0.2, 0.25) is 0 Å². The van der Waals surface area contributed by atoms with Crippen molar-refractivity contribution < 1.29 is 19.4 Å². The van der Waals surface area contributed by atoms with Gasteiger partial charge in [0.25, 0.3) is 0 Å². The summed E-state index contributed by atoms with van der Waals surface area (Å²) in [5.74, 6) is -1.03. The van der Waals surface area contributed by atoms with Crippen molar-refractivity contribution in [3.8, 4) is 0 Å². The second-order valence-corrected chi connectivity index (χ2v) is 2.34. The number of methoxy groups -OCH3 is 1. The van der Waals surface area contributed by atoms with Gasteiger partial charge in [-0.05, 0) is 6.92 Å². The van der Waals surface area contributed by atoms with E-state index in [4.69, 9.17) is 14.6 Å². The molecular formula is C8H14O4. The van der Waals surface area contributed by atoms with Crippen LogP contribution >= 0.6 is 0 Å². The molecular weight excluding hydrogens is 160 g/mol. The standard InChI is InChI=1S/C8H14O4/c1-6(8(9)10)7(2)12-5-4-11-3/h7H,1,4-5H2,2-3H3,(H,9,10). The molecule has 0 aliphatic carbocycles. The molecule has 1 atom stereocenters. The lowest BCUT2D eigenvalue weighted by Crippen LogP contribution is -2.19. The fraction of sp³-hybridized carbons (Fsp3) is 0.625. The monoisotopic (exact) mass is 174 g/mol. The van der Waals surface area contributed by atoms with Crippen LogP contribution in [0, 0.1) is 0 Å². The second kappa shape index (κ2) is 5.74. The van der Waals surface area contributed by atoms with Gasteiger partial charge in [0.05, 0.1) is 24.9 Å². The Balaban J connectivity index is 3.64. The third-order valence-electron chi connectivity index (χ3n) is 1.42. The molecule has 4 nitrogen and oxygen atoms in total. The van der Waals surface area contributed by atoms with Gasteiger partial charge in [0.15, 0.2) is 0 Å². The molecule has 0 spiro atoms. The molecule has 0 aromatic carbocycles. The van der Waals surface area contributed by atoms with E-state index in [1.807, 2.05) is 0 Å². The fourth-order valence-corrected chi connectivity index (χ4v) is 0.583. The summed E-state index contributed by atoms with van der Waals surface area (Å²) in [6.07, 6.45) is -0.461. The number of carbonyl (C=O) groups is 1. The first-order valence-corrected chi connectivity index (χ1v) is 3.62. The number of ether oxygens (including phenoxy) is 2. The molecule has 0 amide bonds. The van der Waals surface area contributed by atoms with E-state index in [0.29, 0.717) is 13.2 Å². The Hall–Kier alpha value is -0.870. The maximum absolute atomic E-state index is 10.4. The average Bonchev–Trinajstić information content (AvgIpc) is 2.03. The Morgan fingerprint density at radius 3 is 2.58 bits per heavy atom. The van der Waals surface area contributed by atoms with E-state index in [1.54, 1.807) is 14.0 Å². The van der Waals surface area contributed by atoms with Crippen molar-refractivity contribution in [1.29, 1.82) is 0 Å². The van der Waals surface area contributed by atoms with E-state index in [0.717, 1.165) is 0 Å². The first-order valence-electron chi connectivity index (χ1n) is 3.62. The van der Waals surface area contributed by atoms with Crippen LogP contribution in [0.5, 0.6) is 0 Å². The minimum absolute atomic E-state index is 0.0612. The van der Waals surface area contributed by atoms with Crippen LogP contribution < -0.4 is 0 Å². The molecule has 0 radical (unpaired) electrons.